The fourth-order valence-electron chi connectivity index (χ4n) is 2.14. The maximum Gasteiger partial charge on any atom is 0.286 e. The molecule has 140 valence electrons. The van der Waals surface area contributed by atoms with E-state index in [2.05, 4.69) is 30.2 Å². The Bertz CT molecular complexity index is 959. The molecule has 0 bridgehead atoms. The Kier molecular flexibility index (Phi) is 4.84. The van der Waals surface area contributed by atoms with E-state index >= 15 is 0 Å². The molecule has 0 aromatic carbocycles. The van der Waals surface area contributed by atoms with Crippen molar-refractivity contribution in [3.05, 3.63) is 47.9 Å². The van der Waals surface area contributed by atoms with E-state index in [1.807, 2.05) is 0 Å². The van der Waals surface area contributed by atoms with Crippen LogP contribution < -0.4 is 11.1 Å². The minimum atomic E-state index is -3.14. The van der Waals surface area contributed by atoms with Crippen LogP contribution in [0.4, 0.5) is 35.1 Å². The van der Waals surface area contributed by atoms with Gasteiger partial charge in [0.05, 0.1) is 0 Å². The van der Waals surface area contributed by atoms with Gasteiger partial charge in [-0.1, -0.05) is 6.07 Å². The highest BCUT2D eigenvalue weighted by Gasteiger charge is 2.26. The Morgan fingerprint density at radius 2 is 1.85 bits per heavy atom. The number of hydrogen-bond donors (Lipinski definition) is 2. The maximum atomic E-state index is 13.5. The first-order chi connectivity index (χ1) is 12.7. The minimum Gasteiger partial charge on any atom is -0.368 e. The normalized spacial score (nSPS) is 11.6. The summed E-state index contributed by atoms with van der Waals surface area (Å²) in [5, 5.41) is 2.70. The number of pyridine rings is 2. The molecule has 0 aliphatic heterocycles. The number of aromatic nitrogens is 5. The molecular weight excluding hydrogens is 366 g/mol. The number of nitrogens with one attached hydrogen (secondary N) is 1. The summed E-state index contributed by atoms with van der Waals surface area (Å²) in [7, 11) is 0. The molecule has 0 unspecified atom stereocenters. The van der Waals surface area contributed by atoms with Gasteiger partial charge in [0.25, 0.3) is 12.3 Å². The predicted molar refractivity (Wildman–Crippen MR) is 89.5 cm³/mol. The van der Waals surface area contributed by atoms with Crippen molar-refractivity contribution in [1.82, 2.24) is 24.9 Å². The number of hydrogen-bond acceptors (Lipinski definition) is 7. The molecule has 0 aliphatic carbocycles. The van der Waals surface area contributed by atoms with Crippen LogP contribution in [0.15, 0.2) is 36.5 Å². The Labute approximate surface area is 150 Å². The fourth-order valence-corrected chi connectivity index (χ4v) is 2.14. The Hall–Kier alpha value is -3.37. The molecule has 3 aromatic heterocycles. The molecule has 3 heterocycles. The van der Waals surface area contributed by atoms with Crippen molar-refractivity contribution < 1.29 is 17.6 Å². The van der Waals surface area contributed by atoms with E-state index < -0.39 is 23.7 Å². The molecule has 27 heavy (non-hydrogen) atoms. The molecular formula is C16H13F4N7. The molecule has 11 heteroatoms. The maximum absolute atomic E-state index is 13.5. The number of nitrogens with two attached hydrogens (primary N) is 1. The zero-order chi connectivity index (χ0) is 19.6. The standard InChI is InChI=1S/C16H13F4N7/c1-16(19,20)11-4-2-3-9(24-11)13-25-14(21)27-15(26-13)23-8-5-6-22-10(7-8)12(17)18/h2-7,12H,1H3,(H3,21,22,23,25,26,27). The zero-order valence-corrected chi connectivity index (χ0v) is 13.9. The number of alkyl halides is 4. The highest BCUT2D eigenvalue weighted by atomic mass is 19.3. The molecule has 0 saturated carbocycles. The lowest BCUT2D eigenvalue weighted by Crippen LogP contribution is -2.11. The summed E-state index contributed by atoms with van der Waals surface area (Å²) in [6, 6.07) is 6.56. The van der Waals surface area contributed by atoms with Crippen molar-refractivity contribution in [3.8, 4) is 11.5 Å². The van der Waals surface area contributed by atoms with Crippen LogP contribution in [0.1, 0.15) is 24.7 Å². The fraction of sp³-hybridized carbons (Fsp3) is 0.188. The number of nitrogen functional groups attached to an aromatic ring is 1. The highest BCUT2D eigenvalue weighted by Crippen LogP contribution is 2.27. The third kappa shape index (κ3) is 4.43. The van der Waals surface area contributed by atoms with Crippen molar-refractivity contribution >= 4 is 17.6 Å². The van der Waals surface area contributed by atoms with E-state index in [4.69, 9.17) is 5.73 Å². The first kappa shape index (κ1) is 18.4. The summed E-state index contributed by atoms with van der Waals surface area (Å²) < 4.78 is 52.5. The first-order valence-corrected chi connectivity index (χ1v) is 7.61. The van der Waals surface area contributed by atoms with Crippen LogP contribution >= 0.6 is 0 Å². The topological polar surface area (TPSA) is 102 Å². The van der Waals surface area contributed by atoms with Gasteiger partial charge in [-0.25, -0.2) is 13.8 Å². The molecule has 0 spiro atoms. The largest absolute Gasteiger partial charge is 0.368 e. The lowest BCUT2D eigenvalue weighted by Gasteiger charge is -2.11. The van der Waals surface area contributed by atoms with Gasteiger partial charge in [-0.3, -0.25) is 4.98 Å². The Morgan fingerprint density at radius 3 is 2.56 bits per heavy atom. The van der Waals surface area contributed by atoms with Crippen molar-refractivity contribution in [3.63, 3.8) is 0 Å². The molecule has 7 nitrogen and oxygen atoms in total. The molecule has 0 atom stereocenters. The smallest absolute Gasteiger partial charge is 0.286 e. The first-order valence-electron chi connectivity index (χ1n) is 7.61. The Morgan fingerprint density at radius 1 is 1.07 bits per heavy atom. The summed E-state index contributed by atoms with van der Waals surface area (Å²) in [4.78, 5) is 19.2. The molecule has 3 rings (SSSR count). The van der Waals surface area contributed by atoms with E-state index in [0.717, 1.165) is 13.0 Å². The van der Waals surface area contributed by atoms with E-state index in [-0.39, 0.29) is 29.1 Å². The van der Waals surface area contributed by atoms with Crippen LogP contribution in [0.25, 0.3) is 11.5 Å². The van der Waals surface area contributed by atoms with Gasteiger partial charge in [0.2, 0.25) is 11.9 Å². The number of halogens is 4. The molecule has 0 radical (unpaired) electrons. The second-order valence-corrected chi connectivity index (χ2v) is 5.53. The van der Waals surface area contributed by atoms with Crippen LogP contribution in [0, 0.1) is 0 Å². The van der Waals surface area contributed by atoms with Gasteiger partial charge in [-0.15, -0.1) is 0 Å². The van der Waals surface area contributed by atoms with Gasteiger partial charge in [-0.05, 0) is 24.3 Å². The molecule has 3 aromatic rings. The quantitative estimate of drug-likeness (QED) is 0.652. The average Bonchev–Trinajstić information content (AvgIpc) is 2.61. The van der Waals surface area contributed by atoms with Crippen LogP contribution in [0.5, 0.6) is 0 Å². The van der Waals surface area contributed by atoms with Crippen molar-refractivity contribution in [2.75, 3.05) is 11.1 Å². The summed E-state index contributed by atoms with van der Waals surface area (Å²) in [6.07, 6.45) is -1.54. The van der Waals surface area contributed by atoms with Crippen molar-refractivity contribution in [1.29, 1.82) is 0 Å². The lowest BCUT2D eigenvalue weighted by molar-refractivity contribution is 0.0129. The second kappa shape index (κ2) is 7.09. The van der Waals surface area contributed by atoms with E-state index in [9.17, 15) is 17.6 Å². The van der Waals surface area contributed by atoms with Crippen molar-refractivity contribution in [2.45, 2.75) is 19.3 Å². The minimum absolute atomic E-state index is 0.0424. The van der Waals surface area contributed by atoms with E-state index in [1.165, 1.54) is 30.5 Å². The van der Waals surface area contributed by atoms with Crippen LogP contribution in [-0.4, -0.2) is 24.9 Å². The van der Waals surface area contributed by atoms with Crippen LogP contribution in [0.2, 0.25) is 0 Å². The SMILES string of the molecule is CC(F)(F)c1cccc(-c2nc(N)nc(Nc3ccnc(C(F)F)c3)n2)n1. The van der Waals surface area contributed by atoms with E-state index in [0.29, 0.717) is 0 Å². The molecule has 3 N–H and O–H groups in total. The van der Waals surface area contributed by atoms with Gasteiger partial charge in [-0.2, -0.15) is 23.7 Å². The highest BCUT2D eigenvalue weighted by molar-refractivity contribution is 5.58. The summed E-state index contributed by atoms with van der Waals surface area (Å²) in [6.45, 7) is 0.720. The van der Waals surface area contributed by atoms with Gasteiger partial charge in [0, 0.05) is 18.8 Å². The van der Waals surface area contributed by atoms with Gasteiger partial charge < -0.3 is 11.1 Å². The van der Waals surface area contributed by atoms with Gasteiger partial charge in [0.1, 0.15) is 17.1 Å². The zero-order valence-electron chi connectivity index (χ0n) is 13.9. The molecule has 0 amide bonds. The number of anilines is 3. The summed E-state index contributed by atoms with van der Waals surface area (Å²) in [5.74, 6) is -3.43. The summed E-state index contributed by atoms with van der Waals surface area (Å²) in [5.41, 5.74) is 5.07. The van der Waals surface area contributed by atoms with Crippen LogP contribution in [-0.2, 0) is 5.92 Å². The lowest BCUT2D eigenvalue weighted by atomic mass is 10.2. The number of nitrogens with zero attached hydrogens (tertiary/aromatic N) is 5. The van der Waals surface area contributed by atoms with Crippen molar-refractivity contribution in [2.24, 2.45) is 0 Å². The van der Waals surface area contributed by atoms with E-state index in [1.54, 1.807) is 0 Å². The van der Waals surface area contributed by atoms with Crippen LogP contribution in [0.3, 0.4) is 0 Å². The number of rotatable bonds is 5. The van der Waals surface area contributed by atoms with Gasteiger partial charge in [0.15, 0.2) is 5.82 Å². The molecule has 0 saturated heterocycles. The molecule has 0 aliphatic rings. The summed E-state index contributed by atoms with van der Waals surface area (Å²) >= 11 is 0. The third-order valence-corrected chi connectivity index (χ3v) is 3.34. The predicted octanol–water partition coefficient (Wildman–Crippen LogP) is 3.70. The van der Waals surface area contributed by atoms with Gasteiger partial charge >= 0.3 is 0 Å². The average molecular weight is 379 g/mol. The second-order valence-electron chi connectivity index (χ2n) is 5.53. The Balaban J connectivity index is 1.95. The molecule has 0 fully saturated rings. The third-order valence-electron chi connectivity index (χ3n) is 3.34. The monoisotopic (exact) mass is 379 g/mol.